The maximum absolute atomic E-state index is 8.99. The molecule has 76 valence electrons. The van der Waals surface area contributed by atoms with Crippen LogP contribution in [0.5, 0.6) is 5.75 Å². The molecule has 0 spiro atoms. The third-order valence-corrected chi connectivity index (χ3v) is 2.22. The SMILES string of the molecule is OCc1ccccc1OC/C(Cl)=C/Cl. The Kier molecular flexibility index (Phi) is 4.80. The lowest BCUT2D eigenvalue weighted by molar-refractivity contribution is 0.269. The zero-order valence-corrected chi connectivity index (χ0v) is 8.92. The van der Waals surface area contributed by atoms with Gasteiger partial charge < -0.3 is 9.84 Å². The second-order valence-corrected chi connectivity index (χ2v) is 3.31. The second-order valence-electron chi connectivity index (χ2n) is 2.61. The Morgan fingerprint density at radius 1 is 1.43 bits per heavy atom. The molecule has 0 bridgehead atoms. The first-order valence-corrected chi connectivity index (χ1v) is 4.85. The summed E-state index contributed by atoms with van der Waals surface area (Å²) in [7, 11) is 0. The van der Waals surface area contributed by atoms with Crippen molar-refractivity contribution < 1.29 is 9.84 Å². The summed E-state index contributed by atoms with van der Waals surface area (Å²) in [4.78, 5) is 0. The van der Waals surface area contributed by atoms with Crippen LogP contribution in [0.25, 0.3) is 0 Å². The van der Waals surface area contributed by atoms with E-state index in [1.807, 2.05) is 12.1 Å². The molecule has 0 radical (unpaired) electrons. The smallest absolute Gasteiger partial charge is 0.125 e. The first-order chi connectivity index (χ1) is 6.77. The van der Waals surface area contributed by atoms with E-state index in [-0.39, 0.29) is 13.2 Å². The van der Waals surface area contributed by atoms with E-state index in [0.29, 0.717) is 10.8 Å². The molecular formula is C10H10Cl2O2. The number of hydrogen-bond acceptors (Lipinski definition) is 2. The predicted molar refractivity (Wildman–Crippen MR) is 57.6 cm³/mol. The van der Waals surface area contributed by atoms with E-state index >= 15 is 0 Å². The van der Waals surface area contributed by atoms with Gasteiger partial charge in [-0.25, -0.2) is 0 Å². The van der Waals surface area contributed by atoms with Crippen LogP contribution in [0.15, 0.2) is 34.8 Å². The van der Waals surface area contributed by atoms with Crippen LogP contribution in [0.2, 0.25) is 0 Å². The van der Waals surface area contributed by atoms with Crippen molar-refractivity contribution in [2.45, 2.75) is 6.61 Å². The molecule has 0 aliphatic carbocycles. The van der Waals surface area contributed by atoms with E-state index < -0.39 is 0 Å². The van der Waals surface area contributed by atoms with Gasteiger partial charge in [-0.15, -0.1) is 0 Å². The van der Waals surface area contributed by atoms with Crippen LogP contribution in [-0.4, -0.2) is 11.7 Å². The maximum Gasteiger partial charge on any atom is 0.125 e. The van der Waals surface area contributed by atoms with E-state index in [4.69, 9.17) is 33.0 Å². The summed E-state index contributed by atoms with van der Waals surface area (Å²) >= 11 is 11.0. The van der Waals surface area contributed by atoms with Crippen molar-refractivity contribution in [3.8, 4) is 5.75 Å². The van der Waals surface area contributed by atoms with Crippen LogP contribution in [0, 0.1) is 0 Å². The number of ether oxygens (including phenoxy) is 1. The highest BCUT2D eigenvalue weighted by Gasteiger charge is 2.01. The zero-order valence-electron chi connectivity index (χ0n) is 7.41. The number of aliphatic hydroxyl groups is 1. The second kappa shape index (κ2) is 5.91. The molecular weight excluding hydrogens is 223 g/mol. The Balaban J connectivity index is 2.66. The molecule has 0 heterocycles. The van der Waals surface area contributed by atoms with Crippen molar-refractivity contribution in [2.75, 3.05) is 6.61 Å². The molecule has 1 rings (SSSR count). The van der Waals surface area contributed by atoms with Gasteiger partial charge in [0.05, 0.1) is 11.6 Å². The van der Waals surface area contributed by atoms with Crippen molar-refractivity contribution in [2.24, 2.45) is 0 Å². The summed E-state index contributed by atoms with van der Waals surface area (Å²) < 4.78 is 5.34. The fraction of sp³-hybridized carbons (Fsp3) is 0.200. The van der Waals surface area contributed by atoms with Crippen LogP contribution in [0.4, 0.5) is 0 Å². The van der Waals surface area contributed by atoms with Gasteiger partial charge in [0.15, 0.2) is 0 Å². The molecule has 1 aromatic rings. The summed E-state index contributed by atoms with van der Waals surface area (Å²) in [6.45, 7) is 0.153. The largest absolute Gasteiger partial charge is 0.488 e. The molecule has 0 aliphatic heterocycles. The van der Waals surface area contributed by atoms with Gasteiger partial charge in [0, 0.05) is 11.1 Å². The van der Waals surface area contributed by atoms with Crippen molar-refractivity contribution >= 4 is 23.2 Å². The minimum Gasteiger partial charge on any atom is -0.488 e. The van der Waals surface area contributed by atoms with Gasteiger partial charge in [-0.2, -0.15) is 0 Å². The molecule has 0 aromatic heterocycles. The zero-order chi connectivity index (χ0) is 10.4. The molecule has 0 unspecified atom stereocenters. The fourth-order valence-corrected chi connectivity index (χ4v) is 1.07. The van der Waals surface area contributed by atoms with Crippen LogP contribution in [0.1, 0.15) is 5.56 Å². The van der Waals surface area contributed by atoms with Crippen molar-refractivity contribution in [3.05, 3.63) is 40.4 Å². The van der Waals surface area contributed by atoms with Crippen molar-refractivity contribution in [3.63, 3.8) is 0 Å². The topological polar surface area (TPSA) is 29.5 Å². The lowest BCUT2D eigenvalue weighted by Gasteiger charge is -2.08. The van der Waals surface area contributed by atoms with Crippen LogP contribution in [0.3, 0.4) is 0 Å². The summed E-state index contributed by atoms with van der Waals surface area (Å²) in [5.41, 5.74) is 1.98. The number of aliphatic hydroxyl groups excluding tert-OH is 1. The molecule has 0 fully saturated rings. The van der Waals surface area contributed by atoms with Crippen LogP contribution in [-0.2, 0) is 6.61 Å². The summed E-state index contributed by atoms with van der Waals surface area (Å²) in [5.74, 6) is 0.617. The van der Waals surface area contributed by atoms with Gasteiger partial charge in [-0.3, -0.25) is 0 Å². The highest BCUT2D eigenvalue weighted by molar-refractivity contribution is 6.36. The number of benzene rings is 1. The lowest BCUT2D eigenvalue weighted by atomic mass is 10.2. The Bertz CT molecular complexity index is 324. The molecule has 1 N–H and O–H groups in total. The lowest BCUT2D eigenvalue weighted by Crippen LogP contribution is -1.99. The molecule has 0 atom stereocenters. The highest BCUT2D eigenvalue weighted by atomic mass is 35.5. The molecule has 0 saturated heterocycles. The summed E-state index contributed by atoms with van der Waals surface area (Å²) in [6.07, 6.45) is 0. The Morgan fingerprint density at radius 3 is 2.79 bits per heavy atom. The summed E-state index contributed by atoms with van der Waals surface area (Å²) in [5, 5.41) is 9.40. The van der Waals surface area contributed by atoms with E-state index in [9.17, 15) is 0 Å². The van der Waals surface area contributed by atoms with Crippen molar-refractivity contribution in [1.29, 1.82) is 0 Å². The Labute approximate surface area is 92.7 Å². The first-order valence-electron chi connectivity index (χ1n) is 4.04. The third-order valence-electron chi connectivity index (χ3n) is 1.63. The van der Waals surface area contributed by atoms with Gasteiger partial charge >= 0.3 is 0 Å². The average Bonchev–Trinajstić information content (AvgIpc) is 2.26. The van der Waals surface area contributed by atoms with Gasteiger partial charge in [-0.05, 0) is 6.07 Å². The molecule has 4 heteroatoms. The molecule has 2 nitrogen and oxygen atoms in total. The third kappa shape index (κ3) is 3.22. The molecule has 0 aliphatic rings. The fourth-order valence-electron chi connectivity index (χ4n) is 0.953. The van der Waals surface area contributed by atoms with E-state index in [0.717, 1.165) is 5.56 Å². The highest BCUT2D eigenvalue weighted by Crippen LogP contribution is 2.18. The van der Waals surface area contributed by atoms with Gasteiger partial charge in [-0.1, -0.05) is 41.4 Å². The van der Waals surface area contributed by atoms with Crippen molar-refractivity contribution in [1.82, 2.24) is 0 Å². The number of para-hydroxylation sites is 1. The molecule has 14 heavy (non-hydrogen) atoms. The maximum atomic E-state index is 8.99. The average molecular weight is 233 g/mol. The Hall–Kier alpha value is -0.700. The summed E-state index contributed by atoms with van der Waals surface area (Å²) in [6, 6.07) is 7.21. The standard InChI is InChI=1S/C10H10Cl2O2/c11-5-9(12)7-14-10-4-2-1-3-8(10)6-13/h1-5,13H,6-7H2/b9-5-. The predicted octanol–water partition coefficient (Wildman–Crippen LogP) is 2.88. The minimum absolute atomic E-state index is 0.0572. The van der Waals surface area contributed by atoms with Crippen LogP contribution >= 0.6 is 23.2 Å². The number of rotatable bonds is 4. The van der Waals surface area contributed by atoms with E-state index in [2.05, 4.69) is 0 Å². The van der Waals surface area contributed by atoms with E-state index in [1.54, 1.807) is 12.1 Å². The minimum atomic E-state index is -0.0572. The number of hydrogen-bond donors (Lipinski definition) is 1. The molecule has 0 saturated carbocycles. The van der Waals surface area contributed by atoms with Gasteiger partial charge in [0.1, 0.15) is 12.4 Å². The number of halogens is 2. The molecule has 0 amide bonds. The van der Waals surface area contributed by atoms with E-state index in [1.165, 1.54) is 5.54 Å². The monoisotopic (exact) mass is 232 g/mol. The normalized spacial score (nSPS) is 11.5. The van der Waals surface area contributed by atoms with Gasteiger partial charge in [0.25, 0.3) is 0 Å². The van der Waals surface area contributed by atoms with Gasteiger partial charge in [0.2, 0.25) is 0 Å². The first kappa shape index (κ1) is 11.4. The quantitative estimate of drug-likeness (QED) is 0.866. The molecule has 1 aromatic carbocycles. The van der Waals surface area contributed by atoms with Crippen LogP contribution < -0.4 is 4.74 Å². The Morgan fingerprint density at radius 2 is 2.14 bits per heavy atom.